The number of fused-ring (bicyclic) bond motifs is 1. The number of rotatable bonds is 1. The van der Waals surface area contributed by atoms with E-state index in [1.54, 1.807) is 0 Å². The molecule has 1 aromatic rings. The molecule has 0 spiro atoms. The Balaban J connectivity index is 2.35. The van der Waals surface area contributed by atoms with Gasteiger partial charge in [0.05, 0.1) is 11.9 Å². The molecule has 4 nitrogen and oxygen atoms in total. The van der Waals surface area contributed by atoms with Crippen LogP contribution in [0.5, 0.6) is 0 Å². The second-order valence-corrected chi connectivity index (χ2v) is 3.02. The summed E-state index contributed by atoms with van der Waals surface area (Å²) in [4.78, 5) is 4.28. The molecule has 2 N–H and O–H groups in total. The number of hydrogen-bond donors (Lipinski definition) is 2. The first kappa shape index (κ1) is 8.04. The summed E-state index contributed by atoms with van der Waals surface area (Å²) in [6.07, 6.45) is 3.56. The van der Waals surface area contributed by atoms with Crippen LogP contribution >= 0.6 is 0 Å². The van der Waals surface area contributed by atoms with Gasteiger partial charge in [0.15, 0.2) is 0 Å². The van der Waals surface area contributed by atoms with Gasteiger partial charge >= 0.3 is 0 Å². The molecule has 0 amide bonds. The topological polar surface area (TPSA) is 57.5 Å². The van der Waals surface area contributed by atoms with Gasteiger partial charge in [0.2, 0.25) is 0 Å². The van der Waals surface area contributed by atoms with Crippen LogP contribution in [0, 0.1) is 0 Å². The Morgan fingerprint density at radius 3 is 3.31 bits per heavy atom. The van der Waals surface area contributed by atoms with E-state index in [-0.39, 0.29) is 0 Å². The fraction of sp³-hybridized carbons (Fsp3) is 0.333. The summed E-state index contributed by atoms with van der Waals surface area (Å²) >= 11 is 0. The number of anilines is 1. The van der Waals surface area contributed by atoms with Crippen molar-refractivity contribution in [2.75, 3.05) is 11.9 Å². The molecule has 1 aliphatic rings. The van der Waals surface area contributed by atoms with Gasteiger partial charge in [0, 0.05) is 6.54 Å². The molecular formula is C9H11N3O. The van der Waals surface area contributed by atoms with E-state index in [2.05, 4.69) is 15.5 Å². The summed E-state index contributed by atoms with van der Waals surface area (Å²) in [6.45, 7) is 0.972. The molecule has 0 atom stereocenters. The van der Waals surface area contributed by atoms with Crippen LogP contribution in [-0.2, 0) is 6.42 Å². The molecule has 68 valence electrons. The van der Waals surface area contributed by atoms with Crippen LogP contribution in [0.3, 0.4) is 0 Å². The van der Waals surface area contributed by atoms with Crippen molar-refractivity contribution in [1.29, 1.82) is 0 Å². The molecular weight excluding hydrogens is 166 g/mol. The number of nitrogens with zero attached hydrogens (tertiary/aromatic N) is 2. The van der Waals surface area contributed by atoms with E-state index in [0.29, 0.717) is 5.69 Å². The average Bonchev–Trinajstić information content (AvgIpc) is 2.18. The smallest absolute Gasteiger partial charge is 0.129 e. The summed E-state index contributed by atoms with van der Waals surface area (Å²) in [5.74, 6) is 0.920. The number of pyridine rings is 1. The number of oxime groups is 1. The molecule has 13 heavy (non-hydrogen) atoms. The molecule has 2 rings (SSSR count). The number of nitrogens with one attached hydrogen (secondary N) is 1. The lowest BCUT2D eigenvalue weighted by Crippen LogP contribution is -2.13. The average molecular weight is 177 g/mol. The van der Waals surface area contributed by atoms with Gasteiger partial charge in [-0.3, -0.25) is 0 Å². The van der Waals surface area contributed by atoms with Gasteiger partial charge in [-0.2, -0.15) is 0 Å². The summed E-state index contributed by atoms with van der Waals surface area (Å²) in [6, 6.07) is 3.87. The minimum Gasteiger partial charge on any atom is -0.411 e. The van der Waals surface area contributed by atoms with Crippen LogP contribution in [0.1, 0.15) is 17.7 Å². The van der Waals surface area contributed by atoms with Gasteiger partial charge in [-0.15, -0.1) is 0 Å². The van der Waals surface area contributed by atoms with E-state index >= 15 is 0 Å². The third-order valence-corrected chi connectivity index (χ3v) is 2.11. The Morgan fingerprint density at radius 2 is 2.46 bits per heavy atom. The zero-order valence-electron chi connectivity index (χ0n) is 7.20. The Hall–Kier alpha value is -1.58. The van der Waals surface area contributed by atoms with Crippen LogP contribution in [-0.4, -0.2) is 23.0 Å². The van der Waals surface area contributed by atoms with Crippen molar-refractivity contribution in [2.45, 2.75) is 12.8 Å². The molecule has 0 unspecified atom stereocenters. The van der Waals surface area contributed by atoms with Gasteiger partial charge < -0.3 is 10.5 Å². The maximum absolute atomic E-state index is 8.33. The molecule has 2 heterocycles. The van der Waals surface area contributed by atoms with Crippen LogP contribution in [0.15, 0.2) is 17.3 Å². The van der Waals surface area contributed by atoms with Crippen molar-refractivity contribution in [2.24, 2.45) is 5.16 Å². The van der Waals surface area contributed by atoms with E-state index < -0.39 is 0 Å². The fourth-order valence-electron chi connectivity index (χ4n) is 1.47. The first-order valence-electron chi connectivity index (χ1n) is 4.31. The maximum atomic E-state index is 8.33. The Labute approximate surface area is 76.3 Å². The zero-order valence-corrected chi connectivity index (χ0v) is 7.20. The highest BCUT2D eigenvalue weighted by molar-refractivity contribution is 5.77. The quantitative estimate of drug-likeness (QED) is 0.385. The van der Waals surface area contributed by atoms with E-state index in [0.717, 1.165) is 25.2 Å². The lowest BCUT2D eigenvalue weighted by atomic mass is 10.1. The van der Waals surface area contributed by atoms with E-state index in [1.165, 1.54) is 11.8 Å². The SMILES string of the molecule is ON=Cc1ccc2c(n1)NCCC2. The predicted molar refractivity (Wildman–Crippen MR) is 50.4 cm³/mol. The molecule has 0 aliphatic carbocycles. The molecule has 0 saturated carbocycles. The summed E-state index contributed by atoms with van der Waals surface area (Å²) in [5.41, 5.74) is 1.91. The normalized spacial score (nSPS) is 15.4. The van der Waals surface area contributed by atoms with Crippen molar-refractivity contribution in [3.63, 3.8) is 0 Å². The van der Waals surface area contributed by atoms with E-state index in [1.807, 2.05) is 12.1 Å². The highest BCUT2D eigenvalue weighted by atomic mass is 16.4. The number of aromatic nitrogens is 1. The second-order valence-electron chi connectivity index (χ2n) is 3.02. The lowest BCUT2D eigenvalue weighted by molar-refractivity contribution is 0.321. The predicted octanol–water partition coefficient (Wildman–Crippen LogP) is 1.25. The van der Waals surface area contributed by atoms with E-state index in [4.69, 9.17) is 5.21 Å². The Kier molecular flexibility index (Phi) is 2.12. The summed E-state index contributed by atoms with van der Waals surface area (Å²) in [7, 11) is 0. The minimum absolute atomic E-state index is 0.677. The van der Waals surface area contributed by atoms with Gasteiger partial charge in [0.25, 0.3) is 0 Å². The molecule has 0 saturated heterocycles. The van der Waals surface area contributed by atoms with Crippen molar-refractivity contribution in [3.8, 4) is 0 Å². The first-order chi connectivity index (χ1) is 6.40. The van der Waals surface area contributed by atoms with Gasteiger partial charge in [0.1, 0.15) is 5.82 Å². The molecule has 4 heteroatoms. The highest BCUT2D eigenvalue weighted by Crippen LogP contribution is 2.18. The van der Waals surface area contributed by atoms with Crippen molar-refractivity contribution < 1.29 is 5.21 Å². The highest BCUT2D eigenvalue weighted by Gasteiger charge is 2.09. The number of hydrogen-bond acceptors (Lipinski definition) is 4. The third kappa shape index (κ3) is 1.61. The molecule has 1 aliphatic heterocycles. The Morgan fingerprint density at radius 1 is 1.54 bits per heavy atom. The van der Waals surface area contributed by atoms with Gasteiger partial charge in [-0.1, -0.05) is 11.2 Å². The van der Waals surface area contributed by atoms with Gasteiger partial charge in [-0.25, -0.2) is 4.98 Å². The summed E-state index contributed by atoms with van der Waals surface area (Å²) in [5, 5.41) is 14.5. The third-order valence-electron chi connectivity index (χ3n) is 2.11. The zero-order chi connectivity index (χ0) is 9.10. The van der Waals surface area contributed by atoms with Crippen LogP contribution < -0.4 is 5.32 Å². The fourth-order valence-corrected chi connectivity index (χ4v) is 1.47. The summed E-state index contributed by atoms with van der Waals surface area (Å²) < 4.78 is 0. The second kappa shape index (κ2) is 3.43. The van der Waals surface area contributed by atoms with Crippen molar-refractivity contribution >= 4 is 12.0 Å². The standard InChI is InChI=1S/C9H11N3O/c13-11-6-8-4-3-7-2-1-5-10-9(7)12-8/h3-4,6,13H,1-2,5H2,(H,10,12). The number of aryl methyl sites for hydroxylation is 1. The van der Waals surface area contributed by atoms with Crippen molar-refractivity contribution in [1.82, 2.24) is 4.98 Å². The van der Waals surface area contributed by atoms with Crippen LogP contribution in [0.4, 0.5) is 5.82 Å². The molecule has 0 radical (unpaired) electrons. The Bertz CT molecular complexity index is 336. The maximum Gasteiger partial charge on any atom is 0.129 e. The molecule has 1 aromatic heterocycles. The largest absolute Gasteiger partial charge is 0.411 e. The van der Waals surface area contributed by atoms with Crippen LogP contribution in [0.25, 0.3) is 0 Å². The minimum atomic E-state index is 0.677. The van der Waals surface area contributed by atoms with E-state index in [9.17, 15) is 0 Å². The molecule has 0 bridgehead atoms. The van der Waals surface area contributed by atoms with Crippen molar-refractivity contribution in [3.05, 3.63) is 23.4 Å². The van der Waals surface area contributed by atoms with Gasteiger partial charge in [-0.05, 0) is 24.5 Å². The molecule has 0 fully saturated rings. The van der Waals surface area contributed by atoms with Crippen LogP contribution in [0.2, 0.25) is 0 Å². The molecule has 0 aromatic carbocycles. The first-order valence-corrected chi connectivity index (χ1v) is 4.31. The lowest BCUT2D eigenvalue weighted by Gasteiger charge is -2.16. The monoisotopic (exact) mass is 177 g/mol.